The predicted octanol–water partition coefficient (Wildman–Crippen LogP) is 2.59. The average molecular weight is 204 g/mol. The van der Waals surface area contributed by atoms with Crippen LogP contribution in [0.2, 0.25) is 0 Å². The summed E-state index contributed by atoms with van der Waals surface area (Å²) in [5.41, 5.74) is 2.90. The maximum Gasteiger partial charge on any atom is 0.159 e. The van der Waals surface area contributed by atoms with Crippen LogP contribution in [0.5, 0.6) is 0 Å². The van der Waals surface area contributed by atoms with Gasteiger partial charge in [-0.25, -0.2) is 0 Å². The lowest BCUT2D eigenvalue weighted by Crippen LogP contribution is -1.93. The summed E-state index contributed by atoms with van der Waals surface area (Å²) in [5, 5.41) is 8.65. The molecule has 0 aliphatic rings. The number of ketones is 1. The molecule has 0 aliphatic carbocycles. The summed E-state index contributed by atoms with van der Waals surface area (Å²) in [6.07, 6.45) is 4.49. The molecule has 0 aromatic heterocycles. The molecule has 0 radical (unpaired) electrons. The SMILES string of the molecule is CC(=O)c1ccc(C)c(C=CCCO)c1. The fourth-order valence-electron chi connectivity index (χ4n) is 1.32. The molecule has 2 heteroatoms. The largest absolute Gasteiger partial charge is 0.396 e. The van der Waals surface area contributed by atoms with Crippen molar-refractivity contribution in [1.82, 2.24) is 0 Å². The molecule has 15 heavy (non-hydrogen) atoms. The van der Waals surface area contributed by atoms with Gasteiger partial charge < -0.3 is 5.11 Å². The van der Waals surface area contributed by atoms with Crippen molar-refractivity contribution in [2.45, 2.75) is 20.3 Å². The molecule has 0 bridgehead atoms. The van der Waals surface area contributed by atoms with Gasteiger partial charge in [0.05, 0.1) is 0 Å². The van der Waals surface area contributed by atoms with E-state index in [1.165, 1.54) is 0 Å². The molecule has 1 aromatic carbocycles. The number of hydrogen-bond donors (Lipinski definition) is 1. The maximum absolute atomic E-state index is 11.2. The van der Waals surface area contributed by atoms with Crippen molar-refractivity contribution in [2.75, 3.05) is 6.61 Å². The number of benzene rings is 1. The van der Waals surface area contributed by atoms with Crippen LogP contribution in [0.25, 0.3) is 6.08 Å². The first-order chi connectivity index (χ1) is 7.15. The van der Waals surface area contributed by atoms with Crippen LogP contribution in [0.15, 0.2) is 24.3 Å². The highest BCUT2D eigenvalue weighted by atomic mass is 16.2. The lowest BCUT2D eigenvalue weighted by atomic mass is 10.0. The molecule has 0 heterocycles. The zero-order chi connectivity index (χ0) is 11.3. The van der Waals surface area contributed by atoms with E-state index in [4.69, 9.17) is 5.11 Å². The Bertz CT molecular complexity index is 378. The number of carbonyl (C=O) groups is 1. The molecule has 0 saturated carbocycles. The van der Waals surface area contributed by atoms with Gasteiger partial charge in [-0.05, 0) is 37.5 Å². The van der Waals surface area contributed by atoms with Crippen molar-refractivity contribution in [3.8, 4) is 0 Å². The quantitative estimate of drug-likeness (QED) is 0.765. The Morgan fingerprint density at radius 3 is 2.80 bits per heavy atom. The van der Waals surface area contributed by atoms with Crippen molar-refractivity contribution in [2.24, 2.45) is 0 Å². The van der Waals surface area contributed by atoms with Crippen LogP contribution in [-0.4, -0.2) is 17.5 Å². The summed E-state index contributed by atoms with van der Waals surface area (Å²) in [5.74, 6) is 0.0757. The molecule has 1 rings (SSSR count). The first kappa shape index (κ1) is 11.7. The average Bonchev–Trinajstić information content (AvgIpc) is 2.20. The topological polar surface area (TPSA) is 37.3 Å². The van der Waals surface area contributed by atoms with Gasteiger partial charge in [-0.15, -0.1) is 0 Å². The van der Waals surface area contributed by atoms with Gasteiger partial charge in [-0.2, -0.15) is 0 Å². The van der Waals surface area contributed by atoms with E-state index < -0.39 is 0 Å². The van der Waals surface area contributed by atoms with E-state index in [9.17, 15) is 4.79 Å². The van der Waals surface area contributed by atoms with Crippen molar-refractivity contribution in [1.29, 1.82) is 0 Å². The molecule has 0 fully saturated rings. The number of aliphatic hydroxyl groups is 1. The molecule has 0 saturated heterocycles. The Kier molecular flexibility index (Phi) is 4.25. The standard InChI is InChI=1S/C13H16O2/c1-10-6-7-13(11(2)15)9-12(10)5-3-4-8-14/h3,5-7,9,14H,4,8H2,1-2H3. The van der Waals surface area contributed by atoms with Crippen molar-refractivity contribution >= 4 is 11.9 Å². The smallest absolute Gasteiger partial charge is 0.159 e. The summed E-state index contributed by atoms with van der Waals surface area (Å²) in [4.78, 5) is 11.2. The fourth-order valence-corrected chi connectivity index (χ4v) is 1.32. The van der Waals surface area contributed by atoms with E-state index in [-0.39, 0.29) is 12.4 Å². The van der Waals surface area contributed by atoms with E-state index in [2.05, 4.69) is 0 Å². The number of aliphatic hydroxyl groups excluding tert-OH is 1. The first-order valence-electron chi connectivity index (χ1n) is 5.04. The highest BCUT2D eigenvalue weighted by Crippen LogP contribution is 2.13. The lowest BCUT2D eigenvalue weighted by molar-refractivity contribution is 0.101. The molecule has 0 unspecified atom stereocenters. The normalized spacial score (nSPS) is 10.9. The van der Waals surface area contributed by atoms with Crippen LogP contribution in [0.4, 0.5) is 0 Å². The third kappa shape index (κ3) is 3.33. The molecule has 0 aliphatic heterocycles. The van der Waals surface area contributed by atoms with Crippen molar-refractivity contribution in [3.05, 3.63) is 41.0 Å². The molecule has 0 spiro atoms. The fraction of sp³-hybridized carbons (Fsp3) is 0.308. The second kappa shape index (κ2) is 5.47. The van der Waals surface area contributed by atoms with Gasteiger partial charge in [0.15, 0.2) is 5.78 Å². The summed E-state index contributed by atoms with van der Waals surface area (Å²) in [7, 11) is 0. The zero-order valence-corrected chi connectivity index (χ0v) is 9.16. The molecular weight excluding hydrogens is 188 g/mol. The highest BCUT2D eigenvalue weighted by Gasteiger charge is 2.01. The van der Waals surface area contributed by atoms with E-state index in [0.717, 1.165) is 16.7 Å². The molecule has 0 amide bonds. The Morgan fingerprint density at radius 1 is 1.47 bits per heavy atom. The molecule has 0 atom stereocenters. The van der Waals surface area contributed by atoms with Crippen molar-refractivity contribution < 1.29 is 9.90 Å². The summed E-state index contributed by atoms with van der Waals surface area (Å²) in [6.45, 7) is 3.72. The van der Waals surface area contributed by atoms with E-state index in [1.807, 2.05) is 37.3 Å². The van der Waals surface area contributed by atoms with Gasteiger partial charge in [0.1, 0.15) is 0 Å². The number of hydrogen-bond acceptors (Lipinski definition) is 2. The van der Waals surface area contributed by atoms with Crippen LogP contribution < -0.4 is 0 Å². The van der Waals surface area contributed by atoms with Gasteiger partial charge in [0, 0.05) is 12.2 Å². The minimum Gasteiger partial charge on any atom is -0.396 e. The lowest BCUT2D eigenvalue weighted by Gasteiger charge is -2.02. The van der Waals surface area contributed by atoms with Crippen molar-refractivity contribution in [3.63, 3.8) is 0 Å². The Balaban J connectivity index is 2.95. The predicted molar refractivity (Wildman–Crippen MR) is 61.9 cm³/mol. The maximum atomic E-state index is 11.2. The molecule has 1 N–H and O–H groups in total. The monoisotopic (exact) mass is 204 g/mol. The minimum atomic E-state index is 0.0757. The van der Waals surface area contributed by atoms with Crippen LogP contribution >= 0.6 is 0 Å². The van der Waals surface area contributed by atoms with Gasteiger partial charge in [0.25, 0.3) is 0 Å². The van der Waals surface area contributed by atoms with Gasteiger partial charge in [-0.1, -0.05) is 24.3 Å². The Hall–Kier alpha value is -1.41. The second-order valence-corrected chi connectivity index (χ2v) is 3.54. The molecule has 80 valence electrons. The molecule has 1 aromatic rings. The van der Waals surface area contributed by atoms with Crippen LogP contribution in [-0.2, 0) is 0 Å². The second-order valence-electron chi connectivity index (χ2n) is 3.54. The van der Waals surface area contributed by atoms with Gasteiger partial charge >= 0.3 is 0 Å². The number of Topliss-reactive ketones (excluding diaryl/α,β-unsaturated/α-hetero) is 1. The van der Waals surface area contributed by atoms with Crippen LogP contribution in [0.3, 0.4) is 0 Å². The zero-order valence-electron chi connectivity index (χ0n) is 9.16. The Morgan fingerprint density at radius 2 is 2.20 bits per heavy atom. The Labute approximate surface area is 90.3 Å². The third-order valence-corrected chi connectivity index (χ3v) is 2.28. The summed E-state index contributed by atoms with van der Waals surface area (Å²) in [6, 6.07) is 5.65. The number of carbonyl (C=O) groups excluding carboxylic acids is 1. The molecular formula is C13H16O2. The van der Waals surface area contributed by atoms with E-state index in [0.29, 0.717) is 6.42 Å². The van der Waals surface area contributed by atoms with Crippen LogP contribution in [0, 0.1) is 6.92 Å². The third-order valence-electron chi connectivity index (χ3n) is 2.28. The summed E-state index contributed by atoms with van der Waals surface area (Å²) < 4.78 is 0. The minimum absolute atomic E-state index is 0.0757. The summed E-state index contributed by atoms with van der Waals surface area (Å²) >= 11 is 0. The van der Waals surface area contributed by atoms with Gasteiger partial charge in [0.2, 0.25) is 0 Å². The van der Waals surface area contributed by atoms with E-state index in [1.54, 1.807) is 6.92 Å². The number of rotatable bonds is 4. The van der Waals surface area contributed by atoms with Crippen LogP contribution in [0.1, 0.15) is 34.8 Å². The first-order valence-corrected chi connectivity index (χ1v) is 5.04. The molecule has 2 nitrogen and oxygen atoms in total. The highest BCUT2D eigenvalue weighted by molar-refractivity contribution is 5.94. The number of aryl methyl sites for hydroxylation is 1. The van der Waals surface area contributed by atoms with Gasteiger partial charge in [-0.3, -0.25) is 4.79 Å². The van der Waals surface area contributed by atoms with E-state index >= 15 is 0 Å².